The zero-order valence-electron chi connectivity index (χ0n) is 9.74. The van der Waals surface area contributed by atoms with Crippen LogP contribution in [0.5, 0.6) is 11.5 Å². The second-order valence-corrected chi connectivity index (χ2v) is 5.10. The first-order valence-electron chi connectivity index (χ1n) is 5.97. The van der Waals surface area contributed by atoms with E-state index >= 15 is 0 Å². The maximum absolute atomic E-state index is 11.4. The van der Waals surface area contributed by atoms with Gasteiger partial charge >= 0.3 is 5.97 Å². The molecule has 1 N–H and O–H groups in total. The fraction of sp³-hybridized carbons (Fsp3) is 0.462. The van der Waals surface area contributed by atoms with Gasteiger partial charge in [-0.1, -0.05) is 17.7 Å². The average Bonchev–Trinajstić information content (AvgIpc) is 3.13. The van der Waals surface area contributed by atoms with Crippen LogP contribution in [0, 0.1) is 0 Å². The fourth-order valence-electron chi connectivity index (χ4n) is 2.32. The lowest BCUT2D eigenvalue weighted by Crippen LogP contribution is -2.20. The molecule has 3 rings (SSSR count). The van der Waals surface area contributed by atoms with E-state index < -0.39 is 11.4 Å². The molecular formula is C13H13ClO4. The summed E-state index contributed by atoms with van der Waals surface area (Å²) in [6.07, 6.45) is 2.05. The molecule has 1 aromatic carbocycles. The predicted octanol–water partition coefficient (Wildman–Crippen LogP) is 2.62. The highest BCUT2D eigenvalue weighted by molar-refractivity contribution is 6.32. The number of hydrogen-bond acceptors (Lipinski definition) is 3. The van der Waals surface area contributed by atoms with Crippen molar-refractivity contribution in [3.63, 3.8) is 0 Å². The third-order valence-corrected chi connectivity index (χ3v) is 3.82. The third-order valence-electron chi connectivity index (χ3n) is 3.52. The maximum atomic E-state index is 11.4. The van der Waals surface area contributed by atoms with Gasteiger partial charge in [0.15, 0.2) is 11.5 Å². The monoisotopic (exact) mass is 268 g/mol. The molecular weight excluding hydrogens is 256 g/mol. The minimum absolute atomic E-state index is 0.469. The van der Waals surface area contributed by atoms with Crippen molar-refractivity contribution in [1.29, 1.82) is 0 Å². The molecule has 1 heterocycles. The zero-order valence-corrected chi connectivity index (χ0v) is 10.5. The summed E-state index contributed by atoms with van der Waals surface area (Å²) < 4.78 is 11.2. The summed E-state index contributed by atoms with van der Waals surface area (Å²) in [4.78, 5) is 11.4. The first kappa shape index (κ1) is 11.7. The van der Waals surface area contributed by atoms with Crippen molar-refractivity contribution in [3.8, 4) is 11.5 Å². The molecule has 1 aliphatic heterocycles. The fourth-order valence-corrected chi connectivity index (χ4v) is 2.53. The molecule has 0 radical (unpaired) electrons. The lowest BCUT2D eigenvalue weighted by Gasteiger charge is -2.18. The largest absolute Gasteiger partial charge is 0.489 e. The number of halogens is 1. The topological polar surface area (TPSA) is 55.8 Å². The number of rotatable bonds is 2. The number of carbonyl (C=O) groups is 1. The van der Waals surface area contributed by atoms with Gasteiger partial charge in [0.05, 0.1) is 23.7 Å². The summed E-state index contributed by atoms with van der Waals surface area (Å²) >= 11 is 6.08. The predicted molar refractivity (Wildman–Crippen MR) is 65.6 cm³/mol. The zero-order chi connectivity index (χ0) is 12.8. The number of carboxylic acids is 1. The first-order valence-corrected chi connectivity index (χ1v) is 6.35. The Labute approximate surface area is 109 Å². The van der Waals surface area contributed by atoms with Crippen molar-refractivity contribution in [3.05, 3.63) is 22.7 Å². The average molecular weight is 269 g/mol. The molecule has 1 aliphatic carbocycles. The molecule has 0 unspecified atom stereocenters. The van der Waals surface area contributed by atoms with Gasteiger partial charge in [-0.15, -0.1) is 0 Å². The van der Waals surface area contributed by atoms with Crippen LogP contribution in [-0.4, -0.2) is 24.3 Å². The van der Waals surface area contributed by atoms with Gasteiger partial charge in [0.2, 0.25) is 0 Å². The van der Waals surface area contributed by atoms with E-state index in [0.717, 1.165) is 6.42 Å². The molecule has 0 atom stereocenters. The van der Waals surface area contributed by atoms with Crippen molar-refractivity contribution < 1.29 is 19.4 Å². The Morgan fingerprint density at radius 2 is 1.89 bits per heavy atom. The second-order valence-electron chi connectivity index (χ2n) is 4.69. The Bertz CT molecular complexity index is 508. The summed E-state index contributed by atoms with van der Waals surface area (Å²) in [5, 5.41) is 9.84. The summed E-state index contributed by atoms with van der Waals surface area (Å²) in [7, 11) is 0. The normalized spacial score (nSPS) is 20.1. The molecule has 0 spiro atoms. The van der Waals surface area contributed by atoms with Crippen LogP contribution >= 0.6 is 11.6 Å². The molecule has 0 saturated heterocycles. The van der Waals surface area contributed by atoms with E-state index in [1.807, 2.05) is 0 Å². The van der Waals surface area contributed by atoms with Crippen LogP contribution in [0.3, 0.4) is 0 Å². The molecule has 0 aromatic heterocycles. The minimum Gasteiger partial charge on any atom is -0.489 e. The Morgan fingerprint density at radius 1 is 1.22 bits per heavy atom. The number of carboxylic acid groups (broad SMARTS) is 1. The van der Waals surface area contributed by atoms with Crippen molar-refractivity contribution in [2.75, 3.05) is 13.2 Å². The van der Waals surface area contributed by atoms with E-state index in [0.29, 0.717) is 48.1 Å². The van der Waals surface area contributed by atoms with Gasteiger partial charge in [-0.3, -0.25) is 4.79 Å². The molecule has 1 saturated carbocycles. The third kappa shape index (κ3) is 1.63. The first-order chi connectivity index (χ1) is 8.65. The molecule has 4 nitrogen and oxygen atoms in total. The minimum atomic E-state index is -0.806. The maximum Gasteiger partial charge on any atom is 0.314 e. The highest BCUT2D eigenvalue weighted by atomic mass is 35.5. The van der Waals surface area contributed by atoms with Gasteiger partial charge in [0, 0.05) is 12.0 Å². The van der Waals surface area contributed by atoms with Crippen LogP contribution in [0.2, 0.25) is 5.02 Å². The standard InChI is InChI=1S/C13H13ClO4/c14-9-3-2-8(13(4-5-13)12(15)16)10-11(9)18-7-1-6-17-10/h2-3H,1,4-7H2,(H,15,16). The van der Waals surface area contributed by atoms with E-state index in [-0.39, 0.29) is 0 Å². The van der Waals surface area contributed by atoms with Gasteiger partial charge in [0.25, 0.3) is 0 Å². The smallest absolute Gasteiger partial charge is 0.314 e. The van der Waals surface area contributed by atoms with Crippen molar-refractivity contribution in [2.24, 2.45) is 0 Å². The van der Waals surface area contributed by atoms with Crippen molar-refractivity contribution in [1.82, 2.24) is 0 Å². The highest BCUT2D eigenvalue weighted by Gasteiger charge is 2.54. The number of fused-ring (bicyclic) bond motifs is 1. The SMILES string of the molecule is O=C(O)C1(c2ccc(Cl)c3c2OCCCO3)CC1. The second kappa shape index (κ2) is 4.05. The summed E-state index contributed by atoms with van der Waals surface area (Å²) in [6.45, 7) is 1.06. The van der Waals surface area contributed by atoms with E-state index in [9.17, 15) is 9.90 Å². The van der Waals surface area contributed by atoms with Crippen LogP contribution in [-0.2, 0) is 10.2 Å². The molecule has 1 fully saturated rings. The number of hydrogen-bond donors (Lipinski definition) is 1. The summed E-state index contributed by atoms with van der Waals surface area (Å²) in [5.74, 6) is 0.193. The number of benzene rings is 1. The van der Waals surface area contributed by atoms with E-state index in [1.54, 1.807) is 12.1 Å². The van der Waals surface area contributed by atoms with Gasteiger partial charge < -0.3 is 14.6 Å². The van der Waals surface area contributed by atoms with E-state index in [2.05, 4.69) is 0 Å². The van der Waals surface area contributed by atoms with Gasteiger partial charge in [0.1, 0.15) is 0 Å². The van der Waals surface area contributed by atoms with E-state index in [1.165, 1.54) is 0 Å². The van der Waals surface area contributed by atoms with Crippen molar-refractivity contribution >= 4 is 17.6 Å². The Kier molecular flexibility index (Phi) is 2.63. The lowest BCUT2D eigenvalue weighted by molar-refractivity contribution is -0.140. The number of aliphatic carboxylic acids is 1. The molecule has 5 heteroatoms. The van der Waals surface area contributed by atoms with Crippen LogP contribution in [0.15, 0.2) is 12.1 Å². The van der Waals surface area contributed by atoms with Crippen LogP contribution in [0.1, 0.15) is 24.8 Å². The Hall–Kier alpha value is -1.42. The Balaban J connectivity index is 2.14. The molecule has 0 bridgehead atoms. The van der Waals surface area contributed by atoms with Gasteiger partial charge in [-0.05, 0) is 18.9 Å². The van der Waals surface area contributed by atoms with Gasteiger partial charge in [-0.2, -0.15) is 0 Å². The van der Waals surface area contributed by atoms with Crippen LogP contribution in [0.25, 0.3) is 0 Å². The van der Waals surface area contributed by atoms with Crippen LogP contribution in [0.4, 0.5) is 0 Å². The Morgan fingerprint density at radius 3 is 2.50 bits per heavy atom. The quantitative estimate of drug-likeness (QED) is 0.896. The van der Waals surface area contributed by atoms with Gasteiger partial charge in [-0.25, -0.2) is 0 Å². The van der Waals surface area contributed by atoms with Crippen molar-refractivity contribution in [2.45, 2.75) is 24.7 Å². The van der Waals surface area contributed by atoms with E-state index in [4.69, 9.17) is 21.1 Å². The molecule has 0 amide bonds. The molecule has 96 valence electrons. The lowest BCUT2D eigenvalue weighted by atomic mass is 9.95. The molecule has 1 aromatic rings. The molecule has 18 heavy (non-hydrogen) atoms. The number of ether oxygens (including phenoxy) is 2. The highest BCUT2D eigenvalue weighted by Crippen LogP contribution is 2.55. The summed E-state index contributed by atoms with van der Waals surface area (Å²) in [6, 6.07) is 3.43. The summed E-state index contributed by atoms with van der Waals surface area (Å²) in [5.41, 5.74) is -0.112. The van der Waals surface area contributed by atoms with Crippen LogP contribution < -0.4 is 9.47 Å². The molecule has 2 aliphatic rings.